The molecule has 0 saturated heterocycles. The Morgan fingerprint density at radius 2 is 2.00 bits per heavy atom. The van der Waals surface area contributed by atoms with E-state index >= 15 is 0 Å². The van der Waals surface area contributed by atoms with Crippen LogP contribution in [0.2, 0.25) is 0 Å². The Bertz CT molecular complexity index is 627. The van der Waals surface area contributed by atoms with Gasteiger partial charge in [-0.3, -0.25) is 0 Å². The number of para-hydroxylation sites is 2. The molecule has 1 atom stereocenters. The first-order valence-corrected chi connectivity index (χ1v) is 7.03. The molecule has 1 aliphatic rings. The van der Waals surface area contributed by atoms with Gasteiger partial charge in [-0.05, 0) is 19.1 Å². The molecule has 4 heteroatoms. The monoisotopic (exact) mass is 285 g/mol. The van der Waals surface area contributed by atoms with E-state index in [1.807, 2.05) is 30.3 Å². The second-order valence-corrected chi connectivity index (χ2v) is 5.00. The lowest BCUT2D eigenvalue weighted by Gasteiger charge is -2.17. The molecular weight excluding hydrogens is 266 g/mol. The highest BCUT2D eigenvalue weighted by Gasteiger charge is 2.18. The molecule has 21 heavy (non-hydrogen) atoms. The van der Waals surface area contributed by atoms with Crippen LogP contribution in [0.15, 0.2) is 42.5 Å². The molecule has 0 unspecified atom stereocenters. The van der Waals surface area contributed by atoms with Crippen molar-refractivity contribution in [1.29, 1.82) is 0 Å². The molecule has 110 valence electrons. The maximum Gasteiger partial charge on any atom is 0.231 e. The zero-order valence-corrected chi connectivity index (χ0v) is 12.3. The number of hydrogen-bond donors (Lipinski definition) is 1. The Labute approximate surface area is 124 Å². The fourth-order valence-electron chi connectivity index (χ4n) is 2.53. The number of ether oxygens (including phenoxy) is 3. The van der Waals surface area contributed by atoms with Gasteiger partial charge < -0.3 is 19.5 Å². The molecule has 0 aromatic heterocycles. The number of methoxy groups -OCH3 is 1. The van der Waals surface area contributed by atoms with E-state index in [1.54, 1.807) is 7.11 Å². The average Bonchev–Trinajstić information content (AvgIpc) is 3.01. The average molecular weight is 285 g/mol. The lowest BCUT2D eigenvalue weighted by molar-refractivity contribution is 0.173. The Balaban J connectivity index is 1.72. The summed E-state index contributed by atoms with van der Waals surface area (Å²) in [5, 5.41) is 3.50. The van der Waals surface area contributed by atoms with Crippen LogP contribution in [0.25, 0.3) is 0 Å². The maximum absolute atomic E-state index is 5.53. The van der Waals surface area contributed by atoms with E-state index in [-0.39, 0.29) is 6.04 Å². The lowest BCUT2D eigenvalue weighted by Crippen LogP contribution is -2.19. The highest BCUT2D eigenvalue weighted by molar-refractivity contribution is 5.48. The SMILES string of the molecule is COc1ccccc1[C@H](C)NCc1cccc2c1OCO2. The normalized spacial score (nSPS) is 14.0. The van der Waals surface area contributed by atoms with Gasteiger partial charge in [0.2, 0.25) is 6.79 Å². The van der Waals surface area contributed by atoms with Crippen LogP contribution in [-0.2, 0) is 6.54 Å². The topological polar surface area (TPSA) is 39.7 Å². The predicted molar refractivity (Wildman–Crippen MR) is 80.8 cm³/mol. The molecule has 0 radical (unpaired) electrons. The van der Waals surface area contributed by atoms with Crippen LogP contribution in [0.5, 0.6) is 17.2 Å². The van der Waals surface area contributed by atoms with Gasteiger partial charge >= 0.3 is 0 Å². The van der Waals surface area contributed by atoms with E-state index in [0.717, 1.165) is 28.4 Å². The van der Waals surface area contributed by atoms with Crippen molar-refractivity contribution < 1.29 is 14.2 Å². The van der Waals surface area contributed by atoms with Crippen molar-refractivity contribution in [2.24, 2.45) is 0 Å². The largest absolute Gasteiger partial charge is 0.496 e. The smallest absolute Gasteiger partial charge is 0.231 e. The number of fused-ring (bicyclic) bond motifs is 1. The summed E-state index contributed by atoms with van der Waals surface area (Å²) < 4.78 is 16.3. The van der Waals surface area contributed by atoms with Crippen LogP contribution in [0.4, 0.5) is 0 Å². The number of rotatable bonds is 5. The quantitative estimate of drug-likeness (QED) is 0.915. The van der Waals surface area contributed by atoms with E-state index in [1.165, 1.54) is 0 Å². The van der Waals surface area contributed by atoms with Gasteiger partial charge in [-0.1, -0.05) is 30.3 Å². The molecule has 4 nitrogen and oxygen atoms in total. The molecule has 0 saturated carbocycles. The Kier molecular flexibility index (Phi) is 3.97. The van der Waals surface area contributed by atoms with Crippen LogP contribution >= 0.6 is 0 Å². The Morgan fingerprint density at radius 1 is 1.14 bits per heavy atom. The second-order valence-electron chi connectivity index (χ2n) is 5.00. The van der Waals surface area contributed by atoms with Gasteiger partial charge in [0.15, 0.2) is 11.5 Å². The summed E-state index contributed by atoms with van der Waals surface area (Å²) in [5.74, 6) is 2.56. The summed E-state index contributed by atoms with van der Waals surface area (Å²) in [6.07, 6.45) is 0. The second kappa shape index (κ2) is 6.06. The van der Waals surface area contributed by atoms with Gasteiger partial charge in [-0.2, -0.15) is 0 Å². The van der Waals surface area contributed by atoms with Crippen LogP contribution in [0, 0.1) is 0 Å². The summed E-state index contributed by atoms with van der Waals surface area (Å²) >= 11 is 0. The maximum atomic E-state index is 5.53. The summed E-state index contributed by atoms with van der Waals surface area (Å²) in [7, 11) is 1.70. The number of benzene rings is 2. The number of hydrogen-bond acceptors (Lipinski definition) is 4. The van der Waals surface area contributed by atoms with Gasteiger partial charge in [-0.25, -0.2) is 0 Å². The van der Waals surface area contributed by atoms with E-state index in [9.17, 15) is 0 Å². The fourth-order valence-corrected chi connectivity index (χ4v) is 2.53. The lowest BCUT2D eigenvalue weighted by atomic mass is 10.1. The van der Waals surface area contributed by atoms with E-state index < -0.39 is 0 Å². The molecule has 3 rings (SSSR count). The van der Waals surface area contributed by atoms with Crippen LogP contribution in [0.1, 0.15) is 24.1 Å². The van der Waals surface area contributed by atoms with Crippen molar-refractivity contribution in [2.45, 2.75) is 19.5 Å². The van der Waals surface area contributed by atoms with Gasteiger partial charge in [0, 0.05) is 23.7 Å². The van der Waals surface area contributed by atoms with Crippen molar-refractivity contribution in [2.75, 3.05) is 13.9 Å². The third-order valence-electron chi connectivity index (χ3n) is 3.68. The van der Waals surface area contributed by atoms with Crippen molar-refractivity contribution in [3.8, 4) is 17.2 Å². The molecule has 0 aliphatic carbocycles. The summed E-state index contributed by atoms with van der Waals surface area (Å²) in [5.41, 5.74) is 2.25. The van der Waals surface area contributed by atoms with Gasteiger partial charge in [0.25, 0.3) is 0 Å². The van der Waals surface area contributed by atoms with Crippen molar-refractivity contribution in [3.63, 3.8) is 0 Å². The highest BCUT2D eigenvalue weighted by Crippen LogP contribution is 2.35. The number of nitrogens with one attached hydrogen (secondary N) is 1. The van der Waals surface area contributed by atoms with Gasteiger partial charge in [0.1, 0.15) is 5.75 Å². The highest BCUT2D eigenvalue weighted by atomic mass is 16.7. The Hall–Kier alpha value is -2.20. The first-order chi connectivity index (χ1) is 10.3. The summed E-state index contributed by atoms with van der Waals surface area (Å²) in [6.45, 7) is 3.14. The minimum absolute atomic E-state index is 0.180. The summed E-state index contributed by atoms with van der Waals surface area (Å²) in [6, 6.07) is 14.2. The molecule has 0 bridgehead atoms. The van der Waals surface area contributed by atoms with Crippen molar-refractivity contribution >= 4 is 0 Å². The summed E-state index contributed by atoms with van der Waals surface area (Å²) in [4.78, 5) is 0. The molecule has 0 spiro atoms. The molecule has 1 aliphatic heterocycles. The molecule has 1 N–H and O–H groups in total. The van der Waals surface area contributed by atoms with Crippen LogP contribution in [-0.4, -0.2) is 13.9 Å². The molecule has 1 heterocycles. The molecule has 2 aromatic rings. The van der Waals surface area contributed by atoms with Crippen LogP contribution in [0.3, 0.4) is 0 Å². The predicted octanol–water partition coefficient (Wildman–Crippen LogP) is 3.27. The molecule has 2 aromatic carbocycles. The minimum Gasteiger partial charge on any atom is -0.496 e. The van der Waals surface area contributed by atoms with E-state index in [4.69, 9.17) is 14.2 Å². The van der Waals surface area contributed by atoms with Crippen molar-refractivity contribution in [3.05, 3.63) is 53.6 Å². The standard InChI is InChI=1S/C17H19NO3/c1-12(14-7-3-4-8-15(14)19-2)18-10-13-6-5-9-16-17(13)21-11-20-16/h3-9,12,18H,10-11H2,1-2H3/t12-/m0/s1. The zero-order chi connectivity index (χ0) is 14.7. The van der Waals surface area contributed by atoms with E-state index in [0.29, 0.717) is 13.3 Å². The van der Waals surface area contributed by atoms with Gasteiger partial charge in [0.05, 0.1) is 7.11 Å². The first-order valence-electron chi connectivity index (χ1n) is 7.03. The minimum atomic E-state index is 0.180. The van der Waals surface area contributed by atoms with Gasteiger partial charge in [-0.15, -0.1) is 0 Å². The van der Waals surface area contributed by atoms with Crippen LogP contribution < -0.4 is 19.5 Å². The molecular formula is C17H19NO3. The van der Waals surface area contributed by atoms with Crippen molar-refractivity contribution in [1.82, 2.24) is 5.32 Å². The molecule has 0 amide bonds. The molecule has 0 fully saturated rings. The first kappa shape index (κ1) is 13.8. The van der Waals surface area contributed by atoms with E-state index in [2.05, 4.69) is 24.4 Å². The Morgan fingerprint density at radius 3 is 2.86 bits per heavy atom. The third kappa shape index (κ3) is 2.81. The third-order valence-corrected chi connectivity index (χ3v) is 3.68. The fraction of sp³-hybridized carbons (Fsp3) is 0.294. The zero-order valence-electron chi connectivity index (χ0n) is 12.3.